The smallest absolute Gasteiger partial charge is 0.0192 e. The standard InChI is InChI=1S/C15H32N2/c1-6-7-14(4)16-10-15(5)17-9-8-12(2)13(3)11-17/h12-16H,6-11H2,1-5H3. The van der Waals surface area contributed by atoms with Gasteiger partial charge in [-0.15, -0.1) is 0 Å². The third kappa shape index (κ3) is 4.97. The molecule has 1 aliphatic heterocycles. The number of rotatable bonds is 6. The first kappa shape index (κ1) is 15.0. The monoisotopic (exact) mass is 240 g/mol. The first-order chi connectivity index (χ1) is 8.04. The van der Waals surface area contributed by atoms with Gasteiger partial charge in [-0.25, -0.2) is 0 Å². The fourth-order valence-corrected chi connectivity index (χ4v) is 2.73. The summed E-state index contributed by atoms with van der Waals surface area (Å²) in [6.45, 7) is 15.4. The van der Waals surface area contributed by atoms with Gasteiger partial charge < -0.3 is 5.32 Å². The van der Waals surface area contributed by atoms with Crippen molar-refractivity contribution in [1.82, 2.24) is 10.2 Å². The van der Waals surface area contributed by atoms with Crippen LogP contribution in [0.2, 0.25) is 0 Å². The molecular weight excluding hydrogens is 208 g/mol. The second kappa shape index (κ2) is 7.38. The van der Waals surface area contributed by atoms with Gasteiger partial charge in [0.2, 0.25) is 0 Å². The van der Waals surface area contributed by atoms with E-state index >= 15 is 0 Å². The lowest BCUT2D eigenvalue weighted by Gasteiger charge is -2.39. The topological polar surface area (TPSA) is 15.3 Å². The minimum atomic E-state index is 0.670. The van der Waals surface area contributed by atoms with Crippen LogP contribution < -0.4 is 5.32 Å². The van der Waals surface area contributed by atoms with Crippen LogP contribution >= 0.6 is 0 Å². The molecule has 1 fully saturated rings. The van der Waals surface area contributed by atoms with Crippen molar-refractivity contribution in [3.8, 4) is 0 Å². The molecule has 0 spiro atoms. The molecule has 0 aliphatic carbocycles. The molecule has 17 heavy (non-hydrogen) atoms. The van der Waals surface area contributed by atoms with E-state index in [4.69, 9.17) is 0 Å². The largest absolute Gasteiger partial charge is 0.313 e. The molecule has 0 aromatic carbocycles. The van der Waals surface area contributed by atoms with Crippen molar-refractivity contribution in [3.05, 3.63) is 0 Å². The van der Waals surface area contributed by atoms with Crippen molar-refractivity contribution in [2.75, 3.05) is 19.6 Å². The molecule has 1 heterocycles. The Hall–Kier alpha value is -0.0800. The summed E-state index contributed by atoms with van der Waals surface area (Å²) in [5.41, 5.74) is 0. The van der Waals surface area contributed by atoms with Crippen molar-refractivity contribution in [1.29, 1.82) is 0 Å². The van der Waals surface area contributed by atoms with Gasteiger partial charge in [0.15, 0.2) is 0 Å². The van der Waals surface area contributed by atoms with E-state index in [1.807, 2.05) is 0 Å². The van der Waals surface area contributed by atoms with Crippen LogP contribution in [-0.4, -0.2) is 36.6 Å². The lowest BCUT2D eigenvalue weighted by molar-refractivity contribution is 0.101. The lowest BCUT2D eigenvalue weighted by Crippen LogP contribution is -2.48. The van der Waals surface area contributed by atoms with Crippen LogP contribution in [0, 0.1) is 11.8 Å². The predicted molar refractivity (Wildman–Crippen MR) is 76.4 cm³/mol. The van der Waals surface area contributed by atoms with E-state index < -0.39 is 0 Å². The molecule has 1 N–H and O–H groups in total. The molecule has 102 valence electrons. The molecule has 2 heteroatoms. The summed E-state index contributed by atoms with van der Waals surface area (Å²) < 4.78 is 0. The van der Waals surface area contributed by atoms with Crippen molar-refractivity contribution in [3.63, 3.8) is 0 Å². The van der Waals surface area contributed by atoms with Crippen LogP contribution in [0.15, 0.2) is 0 Å². The van der Waals surface area contributed by atoms with Crippen LogP contribution in [0.3, 0.4) is 0 Å². The average molecular weight is 240 g/mol. The zero-order chi connectivity index (χ0) is 12.8. The molecule has 0 aromatic rings. The molecule has 0 saturated carbocycles. The Kier molecular flexibility index (Phi) is 6.50. The Balaban J connectivity index is 2.25. The third-order valence-corrected chi connectivity index (χ3v) is 4.47. The van der Waals surface area contributed by atoms with E-state index in [1.54, 1.807) is 0 Å². The molecule has 4 unspecified atom stereocenters. The van der Waals surface area contributed by atoms with Crippen molar-refractivity contribution < 1.29 is 0 Å². The van der Waals surface area contributed by atoms with E-state index in [-0.39, 0.29) is 0 Å². The van der Waals surface area contributed by atoms with Crippen molar-refractivity contribution in [2.45, 2.75) is 66.0 Å². The molecule has 1 rings (SSSR count). The zero-order valence-corrected chi connectivity index (χ0v) is 12.5. The molecule has 0 amide bonds. The Labute approximate surface area is 108 Å². The Morgan fingerprint density at radius 2 is 1.94 bits per heavy atom. The molecule has 2 nitrogen and oxygen atoms in total. The van der Waals surface area contributed by atoms with Gasteiger partial charge in [-0.1, -0.05) is 27.2 Å². The maximum absolute atomic E-state index is 3.66. The Morgan fingerprint density at radius 1 is 1.24 bits per heavy atom. The second-order valence-electron chi connectivity index (χ2n) is 6.19. The van der Waals surface area contributed by atoms with E-state index in [1.165, 1.54) is 32.4 Å². The normalized spacial score (nSPS) is 30.2. The van der Waals surface area contributed by atoms with Gasteiger partial charge in [0.25, 0.3) is 0 Å². The van der Waals surface area contributed by atoms with Crippen LogP contribution in [0.4, 0.5) is 0 Å². The number of likely N-dealkylation sites (tertiary alicyclic amines) is 1. The fourth-order valence-electron chi connectivity index (χ4n) is 2.73. The van der Waals surface area contributed by atoms with Gasteiger partial charge in [-0.2, -0.15) is 0 Å². The summed E-state index contributed by atoms with van der Waals surface area (Å²) in [5.74, 6) is 1.77. The van der Waals surface area contributed by atoms with Gasteiger partial charge in [-0.05, 0) is 45.1 Å². The summed E-state index contributed by atoms with van der Waals surface area (Å²) in [5, 5.41) is 3.66. The Morgan fingerprint density at radius 3 is 2.53 bits per heavy atom. The summed E-state index contributed by atoms with van der Waals surface area (Å²) in [7, 11) is 0. The predicted octanol–water partition coefficient (Wildman–Crippen LogP) is 3.13. The summed E-state index contributed by atoms with van der Waals surface area (Å²) in [4.78, 5) is 2.66. The second-order valence-corrected chi connectivity index (χ2v) is 6.19. The Bertz CT molecular complexity index is 205. The third-order valence-electron chi connectivity index (χ3n) is 4.47. The molecule has 0 bridgehead atoms. The number of hydrogen-bond donors (Lipinski definition) is 1. The van der Waals surface area contributed by atoms with Crippen LogP contribution in [0.5, 0.6) is 0 Å². The van der Waals surface area contributed by atoms with Gasteiger partial charge >= 0.3 is 0 Å². The molecule has 1 aliphatic rings. The minimum Gasteiger partial charge on any atom is -0.313 e. The first-order valence-corrected chi connectivity index (χ1v) is 7.52. The average Bonchev–Trinajstić information content (AvgIpc) is 2.30. The van der Waals surface area contributed by atoms with Gasteiger partial charge in [0.1, 0.15) is 0 Å². The van der Waals surface area contributed by atoms with Crippen LogP contribution in [0.1, 0.15) is 53.9 Å². The SMILES string of the molecule is CCCC(C)NCC(C)N1CCC(C)C(C)C1. The van der Waals surface area contributed by atoms with E-state index in [9.17, 15) is 0 Å². The highest BCUT2D eigenvalue weighted by molar-refractivity contribution is 4.80. The van der Waals surface area contributed by atoms with Gasteiger partial charge in [-0.3, -0.25) is 4.90 Å². The molecular formula is C15H32N2. The maximum Gasteiger partial charge on any atom is 0.0192 e. The number of nitrogens with one attached hydrogen (secondary N) is 1. The van der Waals surface area contributed by atoms with Crippen molar-refractivity contribution >= 4 is 0 Å². The summed E-state index contributed by atoms with van der Waals surface area (Å²) in [6.07, 6.45) is 3.94. The molecule has 1 saturated heterocycles. The number of piperidine rings is 1. The summed E-state index contributed by atoms with van der Waals surface area (Å²) >= 11 is 0. The zero-order valence-electron chi connectivity index (χ0n) is 12.5. The van der Waals surface area contributed by atoms with E-state index in [2.05, 4.69) is 44.8 Å². The number of hydrogen-bond acceptors (Lipinski definition) is 2. The van der Waals surface area contributed by atoms with E-state index in [0.717, 1.165) is 18.4 Å². The first-order valence-electron chi connectivity index (χ1n) is 7.52. The van der Waals surface area contributed by atoms with Crippen molar-refractivity contribution in [2.24, 2.45) is 11.8 Å². The highest BCUT2D eigenvalue weighted by Gasteiger charge is 2.25. The molecule has 4 atom stereocenters. The lowest BCUT2D eigenvalue weighted by atomic mass is 9.88. The van der Waals surface area contributed by atoms with Gasteiger partial charge in [0, 0.05) is 25.2 Å². The molecule has 0 radical (unpaired) electrons. The highest BCUT2D eigenvalue weighted by atomic mass is 15.2. The quantitative estimate of drug-likeness (QED) is 0.767. The van der Waals surface area contributed by atoms with Crippen LogP contribution in [-0.2, 0) is 0 Å². The number of nitrogens with zero attached hydrogens (tertiary/aromatic N) is 1. The van der Waals surface area contributed by atoms with E-state index in [0.29, 0.717) is 12.1 Å². The minimum absolute atomic E-state index is 0.670. The fraction of sp³-hybridized carbons (Fsp3) is 1.00. The van der Waals surface area contributed by atoms with Gasteiger partial charge in [0.05, 0.1) is 0 Å². The molecule has 0 aromatic heterocycles. The highest BCUT2D eigenvalue weighted by Crippen LogP contribution is 2.23. The maximum atomic E-state index is 3.66. The van der Waals surface area contributed by atoms with Crippen LogP contribution in [0.25, 0.3) is 0 Å². The summed E-state index contributed by atoms with van der Waals surface area (Å²) in [6, 6.07) is 1.35.